The molecule has 1 aromatic rings. The molecule has 0 unspecified atom stereocenters. The third-order valence-electron chi connectivity index (χ3n) is 3.57. The number of fused-ring (bicyclic) bond motifs is 1. The standard InChI is InChI=1S/C13H17NO2/c1-14-7-13(8-15-9-13)11-2-3-12-10(6-11)4-5-16-12/h2-3,6,14H,4-5,7-9H2,1H3. The summed E-state index contributed by atoms with van der Waals surface area (Å²) in [6.07, 6.45) is 1.04. The summed E-state index contributed by atoms with van der Waals surface area (Å²) in [5.74, 6) is 1.06. The van der Waals surface area contributed by atoms with Gasteiger partial charge in [0, 0.05) is 13.0 Å². The minimum Gasteiger partial charge on any atom is -0.493 e. The first-order chi connectivity index (χ1) is 7.84. The summed E-state index contributed by atoms with van der Waals surface area (Å²) in [6, 6.07) is 6.58. The molecular weight excluding hydrogens is 202 g/mol. The van der Waals surface area contributed by atoms with E-state index in [0.717, 1.165) is 38.5 Å². The molecule has 0 amide bonds. The minimum atomic E-state index is 0.187. The molecule has 0 spiro atoms. The Labute approximate surface area is 95.8 Å². The molecule has 1 fully saturated rings. The van der Waals surface area contributed by atoms with Crippen LogP contribution >= 0.6 is 0 Å². The van der Waals surface area contributed by atoms with E-state index in [0.29, 0.717) is 0 Å². The predicted molar refractivity (Wildman–Crippen MR) is 62.1 cm³/mol. The largest absolute Gasteiger partial charge is 0.493 e. The number of hydrogen-bond donors (Lipinski definition) is 1. The molecule has 0 aliphatic carbocycles. The SMILES string of the molecule is CNCC1(c2ccc3c(c2)CCO3)COC1. The van der Waals surface area contributed by atoms with Gasteiger partial charge in [0.25, 0.3) is 0 Å². The molecule has 86 valence electrons. The van der Waals surface area contributed by atoms with Gasteiger partial charge in [-0.3, -0.25) is 0 Å². The highest BCUT2D eigenvalue weighted by molar-refractivity contribution is 5.43. The van der Waals surface area contributed by atoms with E-state index in [-0.39, 0.29) is 5.41 Å². The highest BCUT2D eigenvalue weighted by Gasteiger charge is 2.40. The van der Waals surface area contributed by atoms with Crippen LogP contribution in [0.2, 0.25) is 0 Å². The first-order valence-corrected chi connectivity index (χ1v) is 5.83. The second-order valence-electron chi connectivity index (χ2n) is 4.72. The normalized spacial score (nSPS) is 21.1. The maximum Gasteiger partial charge on any atom is 0.122 e. The van der Waals surface area contributed by atoms with Crippen LogP contribution in [0.5, 0.6) is 5.75 Å². The molecule has 3 nitrogen and oxygen atoms in total. The number of hydrogen-bond acceptors (Lipinski definition) is 3. The molecule has 1 N–H and O–H groups in total. The summed E-state index contributed by atoms with van der Waals surface area (Å²) in [6.45, 7) is 3.46. The lowest BCUT2D eigenvalue weighted by molar-refractivity contribution is -0.0582. The van der Waals surface area contributed by atoms with Crippen LogP contribution in [-0.4, -0.2) is 33.4 Å². The Morgan fingerprint density at radius 2 is 2.25 bits per heavy atom. The average Bonchev–Trinajstić information content (AvgIpc) is 2.70. The molecule has 16 heavy (non-hydrogen) atoms. The minimum absolute atomic E-state index is 0.187. The molecule has 2 aliphatic rings. The molecule has 1 aromatic carbocycles. The van der Waals surface area contributed by atoms with Crippen LogP contribution in [0.1, 0.15) is 11.1 Å². The van der Waals surface area contributed by atoms with Crippen molar-refractivity contribution >= 4 is 0 Å². The van der Waals surface area contributed by atoms with E-state index in [4.69, 9.17) is 9.47 Å². The molecule has 3 heteroatoms. The Bertz CT molecular complexity index is 399. The van der Waals surface area contributed by atoms with Crippen molar-refractivity contribution in [2.24, 2.45) is 0 Å². The van der Waals surface area contributed by atoms with E-state index in [1.54, 1.807) is 0 Å². The summed E-state index contributed by atoms with van der Waals surface area (Å²) < 4.78 is 10.9. The van der Waals surface area contributed by atoms with Crippen molar-refractivity contribution in [3.05, 3.63) is 29.3 Å². The van der Waals surface area contributed by atoms with E-state index in [2.05, 4.69) is 23.5 Å². The van der Waals surface area contributed by atoms with E-state index >= 15 is 0 Å². The monoisotopic (exact) mass is 219 g/mol. The maximum absolute atomic E-state index is 5.53. The fraction of sp³-hybridized carbons (Fsp3) is 0.538. The van der Waals surface area contributed by atoms with Crippen LogP contribution < -0.4 is 10.1 Å². The van der Waals surface area contributed by atoms with Crippen LogP contribution in [0.15, 0.2) is 18.2 Å². The smallest absolute Gasteiger partial charge is 0.122 e. The molecule has 0 atom stereocenters. The van der Waals surface area contributed by atoms with Crippen molar-refractivity contribution in [2.45, 2.75) is 11.8 Å². The fourth-order valence-electron chi connectivity index (χ4n) is 2.57. The molecule has 0 aromatic heterocycles. The van der Waals surface area contributed by atoms with Gasteiger partial charge in [-0.1, -0.05) is 12.1 Å². The quantitative estimate of drug-likeness (QED) is 0.826. The second-order valence-corrected chi connectivity index (χ2v) is 4.72. The maximum atomic E-state index is 5.53. The molecule has 0 bridgehead atoms. The fourth-order valence-corrected chi connectivity index (χ4v) is 2.57. The van der Waals surface area contributed by atoms with E-state index in [1.807, 2.05) is 7.05 Å². The van der Waals surface area contributed by atoms with Gasteiger partial charge in [-0.15, -0.1) is 0 Å². The van der Waals surface area contributed by atoms with Crippen molar-refractivity contribution in [1.29, 1.82) is 0 Å². The number of nitrogens with one attached hydrogen (secondary N) is 1. The Morgan fingerprint density at radius 3 is 2.94 bits per heavy atom. The Hall–Kier alpha value is -1.06. The zero-order valence-corrected chi connectivity index (χ0v) is 9.58. The van der Waals surface area contributed by atoms with Gasteiger partial charge in [-0.05, 0) is 24.2 Å². The van der Waals surface area contributed by atoms with Crippen molar-refractivity contribution in [2.75, 3.05) is 33.4 Å². The first kappa shape index (κ1) is 10.1. The number of likely N-dealkylation sites (N-methyl/N-ethyl adjacent to an activating group) is 1. The molecule has 0 radical (unpaired) electrons. The highest BCUT2D eigenvalue weighted by atomic mass is 16.5. The van der Waals surface area contributed by atoms with Gasteiger partial charge in [0.1, 0.15) is 5.75 Å². The third-order valence-corrected chi connectivity index (χ3v) is 3.57. The first-order valence-electron chi connectivity index (χ1n) is 5.83. The Balaban J connectivity index is 1.93. The lowest BCUT2D eigenvalue weighted by Crippen LogP contribution is -2.52. The van der Waals surface area contributed by atoms with Crippen molar-refractivity contribution < 1.29 is 9.47 Å². The van der Waals surface area contributed by atoms with Crippen LogP contribution in [0, 0.1) is 0 Å². The summed E-state index contributed by atoms with van der Waals surface area (Å²) in [5, 5.41) is 3.27. The van der Waals surface area contributed by atoms with Gasteiger partial charge in [-0.25, -0.2) is 0 Å². The Morgan fingerprint density at radius 1 is 1.38 bits per heavy atom. The zero-order chi connectivity index (χ0) is 11.0. The van der Waals surface area contributed by atoms with Gasteiger partial charge in [0.15, 0.2) is 0 Å². The van der Waals surface area contributed by atoms with Crippen LogP contribution in [0.3, 0.4) is 0 Å². The average molecular weight is 219 g/mol. The summed E-state index contributed by atoms with van der Waals surface area (Å²) in [4.78, 5) is 0. The van der Waals surface area contributed by atoms with E-state index in [1.165, 1.54) is 11.1 Å². The predicted octanol–water partition coefficient (Wildman–Crippen LogP) is 1.11. The van der Waals surface area contributed by atoms with Gasteiger partial charge in [-0.2, -0.15) is 0 Å². The van der Waals surface area contributed by atoms with Crippen molar-refractivity contribution in [1.82, 2.24) is 5.32 Å². The zero-order valence-electron chi connectivity index (χ0n) is 9.58. The lowest BCUT2D eigenvalue weighted by Gasteiger charge is -2.42. The van der Waals surface area contributed by atoms with Gasteiger partial charge >= 0.3 is 0 Å². The molecule has 3 rings (SSSR count). The van der Waals surface area contributed by atoms with Gasteiger partial charge < -0.3 is 14.8 Å². The Kier molecular flexibility index (Phi) is 2.37. The van der Waals surface area contributed by atoms with Crippen molar-refractivity contribution in [3.63, 3.8) is 0 Å². The van der Waals surface area contributed by atoms with Crippen LogP contribution in [-0.2, 0) is 16.6 Å². The highest BCUT2D eigenvalue weighted by Crippen LogP contribution is 2.35. The second kappa shape index (κ2) is 3.75. The summed E-state index contributed by atoms with van der Waals surface area (Å²) in [5.41, 5.74) is 2.92. The molecule has 2 heterocycles. The molecule has 1 saturated heterocycles. The van der Waals surface area contributed by atoms with E-state index in [9.17, 15) is 0 Å². The summed E-state index contributed by atoms with van der Waals surface area (Å²) in [7, 11) is 2.00. The topological polar surface area (TPSA) is 30.5 Å². The summed E-state index contributed by atoms with van der Waals surface area (Å²) >= 11 is 0. The number of benzene rings is 1. The van der Waals surface area contributed by atoms with E-state index < -0.39 is 0 Å². The number of rotatable bonds is 3. The lowest BCUT2D eigenvalue weighted by atomic mass is 9.78. The van der Waals surface area contributed by atoms with Crippen LogP contribution in [0.25, 0.3) is 0 Å². The van der Waals surface area contributed by atoms with Gasteiger partial charge in [0.05, 0.1) is 25.2 Å². The number of ether oxygens (including phenoxy) is 2. The molecular formula is C13H17NO2. The van der Waals surface area contributed by atoms with Crippen molar-refractivity contribution in [3.8, 4) is 5.75 Å². The van der Waals surface area contributed by atoms with Gasteiger partial charge in [0.2, 0.25) is 0 Å². The molecule has 2 aliphatic heterocycles. The molecule has 0 saturated carbocycles. The van der Waals surface area contributed by atoms with Crippen LogP contribution in [0.4, 0.5) is 0 Å². The third kappa shape index (κ3) is 1.43.